The third-order valence-electron chi connectivity index (χ3n) is 1.94. The van der Waals surface area contributed by atoms with Crippen molar-refractivity contribution in [3.8, 4) is 0 Å². The standard InChI is InChI=1S/C8H12N2O3/c1-5-4-9-10(2)6(5)3-7(11)8(12)13/h4,7,11H,3H2,1-2H3,(H,12,13). The molecule has 1 heterocycles. The predicted octanol–water partition coefficient (Wildman–Crippen LogP) is -0.283. The summed E-state index contributed by atoms with van der Waals surface area (Å²) in [6.45, 7) is 1.83. The van der Waals surface area contributed by atoms with Gasteiger partial charge in [-0.05, 0) is 12.5 Å². The summed E-state index contributed by atoms with van der Waals surface area (Å²) in [4.78, 5) is 10.4. The van der Waals surface area contributed by atoms with Gasteiger partial charge in [0.2, 0.25) is 0 Å². The van der Waals surface area contributed by atoms with E-state index in [-0.39, 0.29) is 6.42 Å². The van der Waals surface area contributed by atoms with Crippen LogP contribution in [0.25, 0.3) is 0 Å². The molecular formula is C8H12N2O3. The largest absolute Gasteiger partial charge is 0.479 e. The number of carbonyl (C=O) groups is 1. The minimum absolute atomic E-state index is 0.0949. The molecule has 2 N–H and O–H groups in total. The molecule has 5 nitrogen and oxygen atoms in total. The minimum atomic E-state index is -1.35. The Hall–Kier alpha value is -1.36. The molecule has 0 bridgehead atoms. The maximum atomic E-state index is 10.4. The fourth-order valence-corrected chi connectivity index (χ4v) is 1.14. The van der Waals surface area contributed by atoms with Crippen LogP contribution in [0.3, 0.4) is 0 Å². The van der Waals surface area contributed by atoms with Crippen LogP contribution < -0.4 is 0 Å². The van der Waals surface area contributed by atoms with Crippen molar-refractivity contribution in [2.24, 2.45) is 7.05 Å². The zero-order valence-corrected chi connectivity index (χ0v) is 7.56. The van der Waals surface area contributed by atoms with Crippen molar-refractivity contribution in [3.63, 3.8) is 0 Å². The molecule has 5 heteroatoms. The summed E-state index contributed by atoms with van der Waals surface area (Å²) in [6.07, 6.45) is 0.385. The highest BCUT2D eigenvalue weighted by Gasteiger charge is 2.17. The molecule has 0 radical (unpaired) electrons. The van der Waals surface area contributed by atoms with E-state index in [0.717, 1.165) is 11.3 Å². The van der Waals surface area contributed by atoms with Crippen molar-refractivity contribution < 1.29 is 15.0 Å². The highest BCUT2D eigenvalue weighted by Crippen LogP contribution is 2.08. The van der Waals surface area contributed by atoms with Gasteiger partial charge in [0.15, 0.2) is 6.10 Å². The van der Waals surface area contributed by atoms with Crippen molar-refractivity contribution in [2.45, 2.75) is 19.4 Å². The zero-order valence-electron chi connectivity index (χ0n) is 7.56. The van der Waals surface area contributed by atoms with Crippen molar-refractivity contribution in [1.29, 1.82) is 0 Å². The molecule has 1 aromatic heterocycles. The Morgan fingerprint density at radius 3 is 2.77 bits per heavy atom. The van der Waals surface area contributed by atoms with E-state index in [0.29, 0.717) is 0 Å². The van der Waals surface area contributed by atoms with E-state index in [9.17, 15) is 4.79 Å². The van der Waals surface area contributed by atoms with Gasteiger partial charge in [0.25, 0.3) is 0 Å². The van der Waals surface area contributed by atoms with Crippen LogP contribution in [0.4, 0.5) is 0 Å². The van der Waals surface area contributed by atoms with Gasteiger partial charge < -0.3 is 10.2 Å². The molecule has 1 unspecified atom stereocenters. The first-order valence-corrected chi connectivity index (χ1v) is 3.90. The highest BCUT2D eigenvalue weighted by molar-refractivity contribution is 5.72. The first kappa shape index (κ1) is 9.73. The monoisotopic (exact) mass is 184 g/mol. The zero-order chi connectivity index (χ0) is 10.0. The first-order chi connectivity index (χ1) is 6.02. The number of aliphatic carboxylic acids is 1. The number of hydrogen-bond donors (Lipinski definition) is 2. The number of hydrogen-bond acceptors (Lipinski definition) is 3. The van der Waals surface area contributed by atoms with Crippen molar-refractivity contribution >= 4 is 5.97 Å². The average Bonchev–Trinajstić information content (AvgIpc) is 2.35. The summed E-state index contributed by atoms with van der Waals surface area (Å²) in [7, 11) is 1.72. The van der Waals surface area contributed by atoms with Gasteiger partial charge in [0, 0.05) is 19.2 Å². The maximum absolute atomic E-state index is 10.4. The van der Waals surface area contributed by atoms with E-state index in [4.69, 9.17) is 10.2 Å². The second kappa shape index (κ2) is 3.57. The van der Waals surface area contributed by atoms with Crippen LogP contribution >= 0.6 is 0 Å². The lowest BCUT2D eigenvalue weighted by Crippen LogP contribution is -2.23. The number of nitrogens with zero attached hydrogens (tertiary/aromatic N) is 2. The molecule has 0 aliphatic carbocycles. The molecule has 0 aliphatic heterocycles. The summed E-state index contributed by atoms with van der Waals surface area (Å²) < 4.78 is 1.57. The van der Waals surface area contributed by atoms with E-state index in [1.54, 1.807) is 17.9 Å². The van der Waals surface area contributed by atoms with Gasteiger partial charge in [-0.25, -0.2) is 4.79 Å². The average molecular weight is 184 g/mol. The third kappa shape index (κ3) is 2.06. The molecule has 0 spiro atoms. The fourth-order valence-electron chi connectivity index (χ4n) is 1.14. The molecule has 1 rings (SSSR count). The van der Waals surface area contributed by atoms with Crippen molar-refractivity contribution in [1.82, 2.24) is 9.78 Å². The molecule has 0 saturated heterocycles. The first-order valence-electron chi connectivity index (χ1n) is 3.90. The number of aromatic nitrogens is 2. The molecule has 72 valence electrons. The number of aryl methyl sites for hydroxylation is 2. The van der Waals surface area contributed by atoms with Crippen LogP contribution in [-0.4, -0.2) is 32.1 Å². The Morgan fingerprint density at radius 1 is 1.77 bits per heavy atom. The van der Waals surface area contributed by atoms with Crippen LogP contribution in [0, 0.1) is 6.92 Å². The van der Waals surface area contributed by atoms with E-state index >= 15 is 0 Å². The summed E-state index contributed by atoms with van der Waals surface area (Å²) in [5, 5.41) is 21.5. The predicted molar refractivity (Wildman–Crippen MR) is 45.3 cm³/mol. The Labute approximate surface area is 75.6 Å². The molecule has 1 aromatic rings. The fraction of sp³-hybridized carbons (Fsp3) is 0.500. The van der Waals surface area contributed by atoms with Crippen LogP contribution in [0.5, 0.6) is 0 Å². The molecular weight excluding hydrogens is 172 g/mol. The number of carboxylic acid groups (broad SMARTS) is 1. The van der Waals surface area contributed by atoms with Gasteiger partial charge in [-0.15, -0.1) is 0 Å². The summed E-state index contributed by atoms with van der Waals surface area (Å²) >= 11 is 0. The van der Waals surface area contributed by atoms with E-state index in [1.165, 1.54) is 0 Å². The molecule has 0 aromatic carbocycles. The Balaban J connectivity index is 2.79. The SMILES string of the molecule is Cc1cnn(C)c1CC(O)C(=O)O. The summed E-state index contributed by atoms with van der Waals surface area (Å²) in [5.74, 6) is -1.21. The highest BCUT2D eigenvalue weighted by atomic mass is 16.4. The summed E-state index contributed by atoms with van der Waals surface area (Å²) in [6, 6.07) is 0. The Kier molecular flexibility index (Phi) is 2.67. The molecule has 0 saturated carbocycles. The Morgan fingerprint density at radius 2 is 2.38 bits per heavy atom. The number of aliphatic hydroxyl groups is 1. The molecule has 0 amide bonds. The van der Waals surface area contributed by atoms with Crippen molar-refractivity contribution in [3.05, 3.63) is 17.5 Å². The maximum Gasteiger partial charge on any atom is 0.332 e. The Bertz CT molecular complexity index is 300. The number of aliphatic hydroxyl groups excluding tert-OH is 1. The molecule has 13 heavy (non-hydrogen) atoms. The molecule has 0 fully saturated rings. The van der Waals surface area contributed by atoms with E-state index in [2.05, 4.69) is 5.10 Å². The third-order valence-corrected chi connectivity index (χ3v) is 1.94. The lowest BCUT2D eigenvalue weighted by molar-refractivity contribution is -0.146. The number of carboxylic acids is 1. The second-order valence-electron chi connectivity index (χ2n) is 2.96. The van der Waals surface area contributed by atoms with Gasteiger partial charge in [-0.3, -0.25) is 4.68 Å². The smallest absolute Gasteiger partial charge is 0.332 e. The van der Waals surface area contributed by atoms with Crippen LogP contribution in [0.2, 0.25) is 0 Å². The summed E-state index contributed by atoms with van der Waals surface area (Å²) in [5.41, 5.74) is 1.64. The molecule has 0 aliphatic rings. The van der Waals surface area contributed by atoms with Crippen molar-refractivity contribution in [2.75, 3.05) is 0 Å². The van der Waals surface area contributed by atoms with Gasteiger partial charge in [-0.1, -0.05) is 0 Å². The van der Waals surface area contributed by atoms with Gasteiger partial charge in [-0.2, -0.15) is 5.10 Å². The quantitative estimate of drug-likeness (QED) is 0.677. The van der Waals surface area contributed by atoms with Gasteiger partial charge in [0.05, 0.1) is 6.20 Å². The normalized spacial score (nSPS) is 12.8. The topological polar surface area (TPSA) is 75.3 Å². The van der Waals surface area contributed by atoms with E-state index in [1.807, 2.05) is 6.92 Å². The number of rotatable bonds is 3. The lowest BCUT2D eigenvalue weighted by atomic mass is 10.1. The molecule has 1 atom stereocenters. The second-order valence-corrected chi connectivity index (χ2v) is 2.96. The lowest BCUT2D eigenvalue weighted by Gasteiger charge is -2.06. The van der Waals surface area contributed by atoms with Gasteiger partial charge >= 0.3 is 5.97 Å². The van der Waals surface area contributed by atoms with Crippen LogP contribution in [-0.2, 0) is 18.3 Å². The van der Waals surface area contributed by atoms with E-state index < -0.39 is 12.1 Å². The van der Waals surface area contributed by atoms with Gasteiger partial charge in [0.1, 0.15) is 0 Å². The van der Waals surface area contributed by atoms with Crippen LogP contribution in [0.1, 0.15) is 11.3 Å². The van der Waals surface area contributed by atoms with Crippen LogP contribution in [0.15, 0.2) is 6.20 Å². The minimum Gasteiger partial charge on any atom is -0.479 e.